The molecule has 1 atom stereocenters. The van der Waals surface area contributed by atoms with Crippen LogP contribution in [-0.2, 0) is 12.8 Å². The highest BCUT2D eigenvalue weighted by molar-refractivity contribution is 6.10. The van der Waals surface area contributed by atoms with Crippen LogP contribution >= 0.6 is 0 Å². The number of hydrogen-bond donors (Lipinski definition) is 0. The highest BCUT2D eigenvalue weighted by Crippen LogP contribution is 2.42. The van der Waals surface area contributed by atoms with Gasteiger partial charge < -0.3 is 9.13 Å². The average molecular weight is 1010 g/mol. The van der Waals surface area contributed by atoms with E-state index in [1.165, 1.54) is 152 Å². The van der Waals surface area contributed by atoms with E-state index in [1.54, 1.807) is 0 Å². The molecule has 0 amide bonds. The number of aromatic nitrogens is 2. The van der Waals surface area contributed by atoms with Crippen molar-refractivity contribution in [2.24, 2.45) is 0 Å². The molecule has 0 radical (unpaired) electrons. The van der Waals surface area contributed by atoms with E-state index in [9.17, 15) is 0 Å². The topological polar surface area (TPSA) is 9.86 Å². The van der Waals surface area contributed by atoms with E-state index in [0.29, 0.717) is 5.92 Å². The zero-order valence-electron chi connectivity index (χ0n) is 45.7. The summed E-state index contributed by atoms with van der Waals surface area (Å²) in [7, 11) is 0. The fraction of sp³-hybridized carbons (Fsp3) is 0.158. The molecule has 78 heavy (non-hydrogen) atoms. The van der Waals surface area contributed by atoms with Crippen molar-refractivity contribution in [1.82, 2.24) is 9.13 Å². The van der Waals surface area contributed by atoms with Crippen molar-refractivity contribution in [3.63, 3.8) is 0 Å². The Hall–Kier alpha value is -8.72. The maximum absolute atomic E-state index is 2.53. The number of para-hydroxylation sites is 1. The first-order valence-electron chi connectivity index (χ1n) is 28.4. The van der Waals surface area contributed by atoms with Gasteiger partial charge in [-0.3, -0.25) is 0 Å². The third kappa shape index (κ3) is 8.80. The molecule has 2 nitrogen and oxygen atoms in total. The maximum Gasteiger partial charge on any atom is 0.0541 e. The number of fused-ring (bicyclic) bond motifs is 6. The van der Waals surface area contributed by atoms with Crippen LogP contribution in [-0.4, -0.2) is 9.13 Å². The molecule has 13 rings (SSSR count). The molecule has 10 aromatic carbocycles. The van der Waals surface area contributed by atoms with Gasteiger partial charge in [0.1, 0.15) is 0 Å². The largest absolute Gasteiger partial charge is 0.313 e. The molecule has 0 saturated carbocycles. The highest BCUT2D eigenvalue weighted by Gasteiger charge is 2.22. The van der Waals surface area contributed by atoms with E-state index in [1.807, 2.05) is 0 Å². The van der Waals surface area contributed by atoms with Gasteiger partial charge in [-0.15, -0.1) is 0 Å². The Balaban J connectivity index is 0.845. The molecule has 0 fully saturated rings. The third-order valence-electron chi connectivity index (χ3n) is 16.8. The van der Waals surface area contributed by atoms with Gasteiger partial charge in [-0.2, -0.15) is 0 Å². The number of benzene rings is 10. The highest BCUT2D eigenvalue weighted by atomic mass is 15.0. The summed E-state index contributed by atoms with van der Waals surface area (Å²) in [5, 5.41) is 3.80. The van der Waals surface area contributed by atoms with Crippen molar-refractivity contribution in [2.75, 3.05) is 0 Å². The number of rotatable bonds is 13. The predicted octanol–water partition coefficient (Wildman–Crippen LogP) is 21.2. The molecule has 1 aliphatic rings. The van der Waals surface area contributed by atoms with Crippen LogP contribution in [0.15, 0.2) is 224 Å². The molecule has 2 heterocycles. The van der Waals surface area contributed by atoms with Crippen LogP contribution in [0.25, 0.3) is 117 Å². The second kappa shape index (κ2) is 20.7. The summed E-state index contributed by atoms with van der Waals surface area (Å²) in [6, 6.07) is 82.4. The standard InChI is InChI=1S/C76H66N2/c1-6-19-50(3)66-40-37-59(47-70(66)65-30-11-9-22-52(65)5)57-26-18-28-63(45-57)78-74-34-15-13-32-68(74)72-49-61(39-42-76(72)78)55-24-16-23-54(43-55)60-38-41-75-71(48-60)67-31-12-14-33-73(67)77(75)62-27-17-25-56(44-62)58-36-35-53(20-7-2)69(46-58)64-29-10-8-21-51(64)4/h8-13,15-18,21-32,34-50H,6-7,14,19-20,33H2,1-5H3. The van der Waals surface area contributed by atoms with Crippen molar-refractivity contribution in [3.8, 4) is 78.1 Å². The first kappa shape index (κ1) is 48.9. The molecule has 0 bridgehead atoms. The first-order chi connectivity index (χ1) is 38.3. The molecule has 0 aliphatic heterocycles. The van der Waals surface area contributed by atoms with Crippen LogP contribution in [0, 0.1) is 13.8 Å². The van der Waals surface area contributed by atoms with Gasteiger partial charge in [0, 0.05) is 38.8 Å². The van der Waals surface area contributed by atoms with E-state index >= 15 is 0 Å². The Morgan fingerprint density at radius 3 is 1.62 bits per heavy atom. The van der Waals surface area contributed by atoms with Crippen LogP contribution < -0.4 is 0 Å². The molecular weight excluding hydrogens is 941 g/mol. The zero-order valence-corrected chi connectivity index (χ0v) is 45.7. The van der Waals surface area contributed by atoms with Gasteiger partial charge in [0.25, 0.3) is 0 Å². The average Bonchev–Trinajstić information content (AvgIpc) is 4.21. The first-order valence-corrected chi connectivity index (χ1v) is 28.4. The van der Waals surface area contributed by atoms with Gasteiger partial charge in [0.15, 0.2) is 0 Å². The fourth-order valence-corrected chi connectivity index (χ4v) is 12.9. The lowest BCUT2D eigenvalue weighted by atomic mass is 9.85. The molecular formula is C76H66N2. The Morgan fingerprint density at radius 2 is 0.936 bits per heavy atom. The van der Waals surface area contributed by atoms with Gasteiger partial charge in [-0.25, -0.2) is 0 Å². The van der Waals surface area contributed by atoms with E-state index < -0.39 is 0 Å². The van der Waals surface area contributed by atoms with E-state index in [-0.39, 0.29) is 0 Å². The summed E-state index contributed by atoms with van der Waals surface area (Å²) >= 11 is 0. The molecule has 1 unspecified atom stereocenters. The molecule has 2 heteroatoms. The fourth-order valence-electron chi connectivity index (χ4n) is 12.9. The molecule has 2 aromatic heterocycles. The van der Waals surface area contributed by atoms with Crippen LogP contribution in [0.2, 0.25) is 0 Å². The van der Waals surface area contributed by atoms with Crippen LogP contribution in [0.5, 0.6) is 0 Å². The van der Waals surface area contributed by atoms with E-state index in [0.717, 1.165) is 31.4 Å². The quantitative estimate of drug-likeness (QED) is 0.109. The molecule has 0 N–H and O–H groups in total. The smallest absolute Gasteiger partial charge is 0.0541 e. The molecule has 1 aliphatic carbocycles. The van der Waals surface area contributed by atoms with Crippen molar-refractivity contribution >= 4 is 38.8 Å². The predicted molar refractivity (Wildman–Crippen MR) is 334 cm³/mol. The Kier molecular flexibility index (Phi) is 13.0. The monoisotopic (exact) mass is 1010 g/mol. The Labute approximate surface area is 460 Å². The third-order valence-corrected chi connectivity index (χ3v) is 16.8. The Bertz CT molecular complexity index is 4280. The Morgan fingerprint density at radius 1 is 0.410 bits per heavy atom. The minimum atomic E-state index is 0.482. The SMILES string of the molecule is CCCc1ccc(-c2cccc(-n3c4c(c5cc(-c6cccc(-c7ccc8c(c7)c7ccccc7n8-c7cccc(-c8ccc(C(C)CCC)c(-c9ccccc9C)c8)c7)c6)ccc53)C=CCC4)c2)cc1-c1ccccc1C. The number of nitrogens with zero attached hydrogens (tertiary/aromatic N) is 2. The van der Waals surface area contributed by atoms with Crippen molar-refractivity contribution < 1.29 is 0 Å². The number of allylic oxidation sites excluding steroid dienone is 1. The molecule has 380 valence electrons. The van der Waals surface area contributed by atoms with Crippen LogP contribution in [0.4, 0.5) is 0 Å². The number of hydrogen-bond acceptors (Lipinski definition) is 0. The second-order valence-electron chi connectivity index (χ2n) is 21.9. The van der Waals surface area contributed by atoms with Crippen LogP contribution in [0.1, 0.15) is 85.9 Å². The number of aryl methyl sites for hydroxylation is 3. The van der Waals surface area contributed by atoms with Gasteiger partial charge in [-0.05, 0) is 207 Å². The van der Waals surface area contributed by atoms with Gasteiger partial charge >= 0.3 is 0 Å². The molecule has 0 spiro atoms. The molecule has 12 aromatic rings. The molecule has 0 saturated heterocycles. The van der Waals surface area contributed by atoms with Crippen LogP contribution in [0.3, 0.4) is 0 Å². The normalized spacial score (nSPS) is 12.7. The summed E-state index contributed by atoms with van der Waals surface area (Å²) < 4.78 is 4.98. The van der Waals surface area contributed by atoms with Gasteiger partial charge in [0.05, 0.1) is 16.6 Å². The van der Waals surface area contributed by atoms with Gasteiger partial charge in [-0.1, -0.05) is 191 Å². The zero-order chi connectivity index (χ0) is 52.9. The lowest BCUT2D eigenvalue weighted by Gasteiger charge is -2.19. The summed E-state index contributed by atoms with van der Waals surface area (Å²) in [6.07, 6.45) is 11.3. The van der Waals surface area contributed by atoms with Crippen molar-refractivity contribution in [1.29, 1.82) is 0 Å². The van der Waals surface area contributed by atoms with Gasteiger partial charge in [0.2, 0.25) is 0 Å². The summed E-state index contributed by atoms with van der Waals surface area (Å²) in [6.45, 7) is 11.4. The lowest BCUT2D eigenvalue weighted by Crippen LogP contribution is -2.03. The minimum absolute atomic E-state index is 0.482. The minimum Gasteiger partial charge on any atom is -0.313 e. The summed E-state index contributed by atoms with van der Waals surface area (Å²) in [5.74, 6) is 0.482. The summed E-state index contributed by atoms with van der Waals surface area (Å²) in [4.78, 5) is 0. The van der Waals surface area contributed by atoms with Crippen molar-refractivity contribution in [2.45, 2.75) is 79.1 Å². The van der Waals surface area contributed by atoms with Crippen molar-refractivity contribution in [3.05, 3.63) is 258 Å². The van der Waals surface area contributed by atoms with E-state index in [2.05, 4.69) is 274 Å². The summed E-state index contributed by atoms with van der Waals surface area (Å²) in [5.41, 5.74) is 29.3. The maximum atomic E-state index is 2.53. The van der Waals surface area contributed by atoms with E-state index in [4.69, 9.17) is 0 Å². The lowest BCUT2D eigenvalue weighted by molar-refractivity contribution is 0.666. The second-order valence-corrected chi connectivity index (χ2v) is 21.9.